The lowest BCUT2D eigenvalue weighted by molar-refractivity contribution is -0.870. The molecule has 0 fully saturated rings. The van der Waals surface area contributed by atoms with Crippen molar-refractivity contribution < 1.29 is 32.9 Å². The normalized spacial score (nSPS) is 14.6. The van der Waals surface area contributed by atoms with Crippen LogP contribution < -0.4 is 5.32 Å². The number of unbranched alkanes of at least 4 members (excludes halogenated alkanes) is 26. The number of quaternary nitrogens is 1. The molecule has 0 aromatic heterocycles. The maximum absolute atomic E-state index is 12.9. The van der Waals surface area contributed by atoms with Crippen LogP contribution >= 0.6 is 7.82 Å². The zero-order chi connectivity index (χ0) is 52.7. The zero-order valence-electron chi connectivity index (χ0n) is 47.4. The van der Waals surface area contributed by atoms with Gasteiger partial charge in [-0.25, -0.2) is 4.57 Å². The summed E-state index contributed by atoms with van der Waals surface area (Å²) in [6.07, 6.45) is 76.8. The van der Waals surface area contributed by atoms with Gasteiger partial charge in [0.1, 0.15) is 13.2 Å². The molecular formula is C63H114N2O6P+. The first kappa shape index (κ1) is 69.4. The average molecular weight is 1030 g/mol. The van der Waals surface area contributed by atoms with Gasteiger partial charge in [-0.3, -0.25) is 13.8 Å². The average Bonchev–Trinajstić information content (AvgIpc) is 3.34. The number of phosphoric acid groups is 1. The number of hydrogen-bond acceptors (Lipinski definition) is 5. The molecule has 0 spiro atoms. The van der Waals surface area contributed by atoms with E-state index >= 15 is 0 Å². The van der Waals surface area contributed by atoms with Crippen molar-refractivity contribution in [1.82, 2.24) is 5.32 Å². The van der Waals surface area contributed by atoms with Crippen molar-refractivity contribution in [3.63, 3.8) is 0 Å². The lowest BCUT2D eigenvalue weighted by atomic mass is 10.0. The number of allylic oxidation sites excluding steroid dienone is 15. The quantitative estimate of drug-likeness (QED) is 0.0243. The molecule has 8 nitrogen and oxygen atoms in total. The number of phosphoric ester groups is 1. The number of likely N-dealkylation sites (N-methyl/N-ethyl adjacent to an activating group) is 1. The van der Waals surface area contributed by atoms with Gasteiger partial charge in [-0.2, -0.15) is 0 Å². The van der Waals surface area contributed by atoms with Crippen LogP contribution in [0.2, 0.25) is 0 Å². The zero-order valence-corrected chi connectivity index (χ0v) is 48.3. The van der Waals surface area contributed by atoms with Gasteiger partial charge in [0, 0.05) is 6.42 Å². The first-order valence-corrected chi connectivity index (χ1v) is 31.1. The number of carbonyl (C=O) groups is 1. The van der Waals surface area contributed by atoms with Crippen LogP contribution in [-0.4, -0.2) is 73.4 Å². The molecule has 0 aromatic rings. The molecule has 0 bridgehead atoms. The lowest BCUT2D eigenvalue weighted by Gasteiger charge is -2.25. The van der Waals surface area contributed by atoms with E-state index in [-0.39, 0.29) is 19.1 Å². The Morgan fingerprint density at radius 3 is 1.28 bits per heavy atom. The Hall–Kier alpha value is -2.58. The van der Waals surface area contributed by atoms with Gasteiger partial charge in [-0.1, -0.05) is 246 Å². The van der Waals surface area contributed by atoms with Crippen molar-refractivity contribution in [2.75, 3.05) is 40.9 Å². The van der Waals surface area contributed by atoms with E-state index in [1.54, 1.807) is 6.08 Å². The molecule has 3 unspecified atom stereocenters. The smallest absolute Gasteiger partial charge is 0.387 e. The van der Waals surface area contributed by atoms with E-state index in [1.807, 2.05) is 27.2 Å². The van der Waals surface area contributed by atoms with Crippen molar-refractivity contribution >= 4 is 13.7 Å². The van der Waals surface area contributed by atoms with E-state index in [2.05, 4.69) is 104 Å². The lowest BCUT2D eigenvalue weighted by Crippen LogP contribution is -2.45. The minimum atomic E-state index is -4.38. The largest absolute Gasteiger partial charge is 0.472 e. The van der Waals surface area contributed by atoms with Crippen LogP contribution in [0.4, 0.5) is 0 Å². The summed E-state index contributed by atoms with van der Waals surface area (Å²) < 4.78 is 23.7. The number of hydrogen-bond donors (Lipinski definition) is 3. The molecule has 0 saturated carbocycles. The monoisotopic (exact) mass is 1030 g/mol. The number of nitrogens with zero attached hydrogens (tertiary/aromatic N) is 1. The van der Waals surface area contributed by atoms with E-state index in [0.29, 0.717) is 23.9 Å². The second-order valence-electron chi connectivity index (χ2n) is 21.0. The standard InChI is InChI=1S/C63H113N2O6P/c1-6-8-10-12-14-16-18-20-22-24-26-27-28-29-30-31-32-33-34-35-36-37-39-40-42-44-46-48-50-52-54-56-62(66)61(60-71-72(68,69)70-59-58-65(3,4)5)64-63(67)57-55-53-51-49-47-45-43-41-38-25-23-21-19-17-15-13-11-9-7-2/h9,11,15,17,21,23,38-41,45-48,54,56,61-62,66H,6-8,10,12-14,16,18-20,22,24-37,42-44,49-53,55,57-60H2,1-5H3,(H-,64,67,68,69)/p+1/b11-9-,17-15-,23-21-,40-39+,41-38-,47-45-,48-46+,56-54+. The molecule has 416 valence electrons. The van der Waals surface area contributed by atoms with Crippen LogP contribution in [0.1, 0.15) is 245 Å². The highest BCUT2D eigenvalue weighted by atomic mass is 31.2. The highest BCUT2D eigenvalue weighted by molar-refractivity contribution is 7.47. The fourth-order valence-corrected chi connectivity index (χ4v) is 8.90. The van der Waals surface area contributed by atoms with Crippen molar-refractivity contribution in [2.24, 2.45) is 0 Å². The molecule has 3 atom stereocenters. The van der Waals surface area contributed by atoms with E-state index in [0.717, 1.165) is 77.0 Å². The van der Waals surface area contributed by atoms with Crippen LogP contribution in [0.3, 0.4) is 0 Å². The summed E-state index contributed by atoms with van der Waals surface area (Å²) in [5.41, 5.74) is 0. The van der Waals surface area contributed by atoms with E-state index in [9.17, 15) is 19.4 Å². The van der Waals surface area contributed by atoms with Crippen LogP contribution in [0.15, 0.2) is 97.2 Å². The van der Waals surface area contributed by atoms with Crippen LogP contribution in [0.5, 0.6) is 0 Å². The Kier molecular flexibility index (Phi) is 51.3. The van der Waals surface area contributed by atoms with Gasteiger partial charge in [0.15, 0.2) is 0 Å². The van der Waals surface area contributed by atoms with Crippen molar-refractivity contribution in [1.29, 1.82) is 0 Å². The van der Waals surface area contributed by atoms with Gasteiger partial charge >= 0.3 is 7.82 Å². The Bertz CT molecular complexity index is 1490. The van der Waals surface area contributed by atoms with Crippen molar-refractivity contribution in [3.8, 4) is 0 Å². The minimum Gasteiger partial charge on any atom is -0.387 e. The van der Waals surface area contributed by atoms with Crippen molar-refractivity contribution in [2.45, 2.75) is 257 Å². The summed E-state index contributed by atoms with van der Waals surface area (Å²) in [6, 6.07) is -0.895. The summed E-state index contributed by atoms with van der Waals surface area (Å²) in [6.45, 7) is 4.65. The Balaban J connectivity index is 4.28. The topological polar surface area (TPSA) is 105 Å². The highest BCUT2D eigenvalue weighted by Gasteiger charge is 2.27. The molecule has 9 heteroatoms. The van der Waals surface area contributed by atoms with Gasteiger partial charge in [0.05, 0.1) is 39.9 Å². The Morgan fingerprint density at radius 1 is 0.486 bits per heavy atom. The van der Waals surface area contributed by atoms with E-state index in [4.69, 9.17) is 9.05 Å². The third-order valence-corrected chi connectivity index (χ3v) is 13.7. The molecule has 0 aliphatic carbocycles. The fourth-order valence-electron chi connectivity index (χ4n) is 8.16. The molecular weight excluding hydrogens is 912 g/mol. The maximum atomic E-state index is 12.9. The van der Waals surface area contributed by atoms with Gasteiger partial charge < -0.3 is 19.8 Å². The van der Waals surface area contributed by atoms with Crippen molar-refractivity contribution in [3.05, 3.63) is 97.2 Å². The predicted octanol–water partition coefficient (Wildman–Crippen LogP) is 18.2. The molecule has 0 aliphatic heterocycles. The summed E-state index contributed by atoms with van der Waals surface area (Å²) in [5, 5.41) is 13.9. The molecule has 0 saturated heterocycles. The van der Waals surface area contributed by atoms with Gasteiger partial charge in [0.25, 0.3) is 0 Å². The summed E-state index contributed by atoms with van der Waals surface area (Å²) in [7, 11) is 1.51. The molecule has 0 aromatic carbocycles. The van der Waals surface area contributed by atoms with Gasteiger partial charge in [-0.15, -0.1) is 0 Å². The third-order valence-electron chi connectivity index (χ3n) is 12.8. The second-order valence-corrected chi connectivity index (χ2v) is 22.4. The molecule has 72 heavy (non-hydrogen) atoms. The molecule has 0 radical (unpaired) electrons. The summed E-state index contributed by atoms with van der Waals surface area (Å²) in [4.78, 5) is 23.3. The molecule has 1 amide bonds. The second kappa shape index (κ2) is 53.3. The number of nitrogens with one attached hydrogen (secondary N) is 1. The van der Waals surface area contributed by atoms with Gasteiger partial charge in [-0.05, 0) is 89.9 Å². The number of carbonyl (C=O) groups excluding carboxylic acids is 1. The van der Waals surface area contributed by atoms with Crippen LogP contribution in [-0.2, 0) is 18.4 Å². The first-order chi connectivity index (χ1) is 35.0. The van der Waals surface area contributed by atoms with E-state index in [1.165, 1.54) is 141 Å². The Morgan fingerprint density at radius 2 is 0.847 bits per heavy atom. The first-order valence-electron chi connectivity index (χ1n) is 29.6. The summed E-state index contributed by atoms with van der Waals surface area (Å²) in [5.74, 6) is -0.225. The van der Waals surface area contributed by atoms with Gasteiger partial charge in [0.2, 0.25) is 5.91 Å². The van der Waals surface area contributed by atoms with E-state index < -0.39 is 20.0 Å². The van der Waals surface area contributed by atoms with Crippen LogP contribution in [0, 0.1) is 0 Å². The molecule has 0 aliphatic rings. The SMILES string of the molecule is CC/C=C\C/C=C\C/C=C\C/C=C\C/C=C\CCCCCC(=O)NC(COP(=O)(O)OCC[N+](C)(C)C)C(O)/C=C/CC/C=C/CC/C=C/CCCCCCCCCCCCCCCCCCCCCCC. The molecule has 0 heterocycles. The minimum absolute atomic E-state index is 0.0415. The number of rotatable bonds is 53. The molecule has 3 N–H and O–H groups in total. The number of aliphatic hydroxyl groups is 1. The third kappa shape index (κ3) is 55.2. The maximum Gasteiger partial charge on any atom is 0.472 e. The molecule has 0 rings (SSSR count). The predicted molar refractivity (Wildman–Crippen MR) is 313 cm³/mol. The Labute approximate surface area is 445 Å². The fraction of sp³-hybridized carbons (Fsp3) is 0.730. The summed E-state index contributed by atoms with van der Waals surface area (Å²) >= 11 is 0. The highest BCUT2D eigenvalue weighted by Crippen LogP contribution is 2.43. The van der Waals surface area contributed by atoms with Crippen LogP contribution in [0.25, 0.3) is 0 Å². The number of aliphatic hydroxyl groups excluding tert-OH is 1. The number of amides is 1.